The number of para-hydroxylation sites is 1. The molecule has 2 N–H and O–H groups in total. The molecule has 2 aromatic heterocycles. The summed E-state index contributed by atoms with van der Waals surface area (Å²) in [4.78, 5) is 36.3. The van der Waals surface area contributed by atoms with E-state index in [2.05, 4.69) is 15.1 Å². The molecular formula is C22H24N6O2. The van der Waals surface area contributed by atoms with Gasteiger partial charge in [0.25, 0.3) is 5.91 Å². The van der Waals surface area contributed by atoms with Crippen LogP contribution >= 0.6 is 0 Å². The minimum absolute atomic E-state index is 0.0796. The number of carbonyl (C=O) groups is 2. The van der Waals surface area contributed by atoms with E-state index in [9.17, 15) is 9.59 Å². The number of rotatable bonds is 4. The summed E-state index contributed by atoms with van der Waals surface area (Å²) in [5, 5.41) is 4.30. The van der Waals surface area contributed by atoms with Crippen LogP contribution in [0.1, 0.15) is 45.1 Å². The van der Waals surface area contributed by atoms with E-state index in [1.807, 2.05) is 30.3 Å². The number of carbonyl (C=O) groups excluding carboxylic acids is 2. The van der Waals surface area contributed by atoms with Gasteiger partial charge >= 0.3 is 0 Å². The lowest BCUT2D eigenvalue weighted by molar-refractivity contribution is 0.0636. The zero-order valence-corrected chi connectivity index (χ0v) is 17.1. The number of hydrogen-bond donors (Lipinski definition) is 1. The van der Waals surface area contributed by atoms with Crippen molar-refractivity contribution in [3.8, 4) is 5.69 Å². The lowest BCUT2D eigenvalue weighted by Crippen LogP contribution is -2.42. The Morgan fingerprint density at radius 3 is 2.60 bits per heavy atom. The molecule has 30 heavy (non-hydrogen) atoms. The highest BCUT2D eigenvalue weighted by Crippen LogP contribution is 2.26. The summed E-state index contributed by atoms with van der Waals surface area (Å²) >= 11 is 0. The molecule has 0 radical (unpaired) electrons. The average Bonchev–Trinajstić information content (AvgIpc) is 3.15. The van der Waals surface area contributed by atoms with Gasteiger partial charge in [-0.05, 0) is 38.8 Å². The molecule has 0 saturated carbocycles. The first-order valence-corrected chi connectivity index (χ1v) is 9.98. The predicted octanol–water partition coefficient (Wildman–Crippen LogP) is 2.60. The first-order valence-electron chi connectivity index (χ1n) is 9.98. The van der Waals surface area contributed by atoms with Gasteiger partial charge in [-0.15, -0.1) is 0 Å². The second kappa shape index (κ2) is 8.06. The fourth-order valence-electron chi connectivity index (χ4n) is 3.88. The number of ketones is 1. The minimum Gasteiger partial charge on any atom is -0.383 e. The number of benzene rings is 1. The number of hydrogen-bond acceptors (Lipinski definition) is 6. The van der Waals surface area contributed by atoms with Crippen molar-refractivity contribution in [2.24, 2.45) is 5.92 Å². The van der Waals surface area contributed by atoms with Crippen molar-refractivity contribution in [3.05, 3.63) is 65.4 Å². The fourth-order valence-corrected chi connectivity index (χ4v) is 3.88. The van der Waals surface area contributed by atoms with Gasteiger partial charge in [-0.3, -0.25) is 9.59 Å². The topological polar surface area (TPSA) is 107 Å². The molecule has 0 aliphatic carbocycles. The summed E-state index contributed by atoms with van der Waals surface area (Å²) in [6.45, 7) is 4.54. The molecule has 1 fully saturated rings. The molecule has 1 amide bonds. The van der Waals surface area contributed by atoms with Gasteiger partial charge in [-0.1, -0.05) is 18.2 Å². The van der Waals surface area contributed by atoms with Crippen LogP contribution in [-0.2, 0) is 0 Å². The number of nitrogens with zero attached hydrogens (tertiary/aromatic N) is 5. The van der Waals surface area contributed by atoms with Crippen molar-refractivity contribution < 1.29 is 9.59 Å². The first kappa shape index (κ1) is 19.8. The van der Waals surface area contributed by atoms with Crippen LogP contribution < -0.4 is 5.73 Å². The second-order valence-corrected chi connectivity index (χ2v) is 7.56. The minimum atomic E-state index is -0.315. The molecule has 3 heterocycles. The van der Waals surface area contributed by atoms with Crippen molar-refractivity contribution in [2.45, 2.75) is 26.7 Å². The maximum atomic E-state index is 13.2. The highest BCUT2D eigenvalue weighted by Gasteiger charge is 2.32. The van der Waals surface area contributed by atoms with E-state index in [0.29, 0.717) is 48.0 Å². The zero-order valence-electron chi connectivity index (χ0n) is 17.1. The number of amides is 1. The third-order valence-corrected chi connectivity index (χ3v) is 5.48. The van der Waals surface area contributed by atoms with Gasteiger partial charge in [0.1, 0.15) is 11.6 Å². The van der Waals surface area contributed by atoms with E-state index in [1.54, 1.807) is 29.6 Å². The monoisotopic (exact) mass is 404 g/mol. The molecule has 8 nitrogen and oxygen atoms in total. The predicted molar refractivity (Wildman–Crippen MR) is 112 cm³/mol. The summed E-state index contributed by atoms with van der Waals surface area (Å²) in [6, 6.07) is 9.44. The number of nitrogens with two attached hydrogens (primary N) is 1. The van der Waals surface area contributed by atoms with Crippen molar-refractivity contribution in [1.29, 1.82) is 0 Å². The average molecular weight is 404 g/mol. The molecular weight excluding hydrogens is 380 g/mol. The van der Waals surface area contributed by atoms with Crippen molar-refractivity contribution in [3.63, 3.8) is 0 Å². The highest BCUT2D eigenvalue weighted by atomic mass is 16.2. The number of anilines is 1. The Labute approximate surface area is 174 Å². The van der Waals surface area contributed by atoms with E-state index in [1.165, 1.54) is 6.20 Å². The van der Waals surface area contributed by atoms with Gasteiger partial charge in [-0.25, -0.2) is 14.6 Å². The van der Waals surface area contributed by atoms with E-state index in [0.717, 1.165) is 12.1 Å². The van der Waals surface area contributed by atoms with Crippen LogP contribution in [0.5, 0.6) is 0 Å². The van der Waals surface area contributed by atoms with Gasteiger partial charge in [0.15, 0.2) is 5.78 Å². The van der Waals surface area contributed by atoms with Crippen LogP contribution in [0.15, 0.2) is 42.7 Å². The summed E-state index contributed by atoms with van der Waals surface area (Å²) in [5.41, 5.74) is 8.56. The molecule has 3 aromatic rings. The van der Waals surface area contributed by atoms with E-state index < -0.39 is 0 Å². The SMILES string of the molecule is Cc1ncc(C(=O)N2CCC[C@H](C(=O)c3cnn(-c4ccccc4)c3N)C2)c(C)n1. The summed E-state index contributed by atoms with van der Waals surface area (Å²) in [6.07, 6.45) is 4.54. The van der Waals surface area contributed by atoms with E-state index in [4.69, 9.17) is 5.73 Å². The van der Waals surface area contributed by atoms with Gasteiger partial charge in [-0.2, -0.15) is 5.10 Å². The molecule has 8 heteroatoms. The Bertz CT molecular complexity index is 1090. The molecule has 1 aromatic carbocycles. The van der Waals surface area contributed by atoms with Crippen LogP contribution in [0.25, 0.3) is 5.69 Å². The molecule has 0 spiro atoms. The van der Waals surface area contributed by atoms with Crippen molar-refractivity contribution in [2.75, 3.05) is 18.8 Å². The number of likely N-dealkylation sites (tertiary alicyclic amines) is 1. The van der Waals surface area contributed by atoms with Crippen LogP contribution in [0.2, 0.25) is 0 Å². The van der Waals surface area contributed by atoms with Crippen molar-refractivity contribution >= 4 is 17.5 Å². The van der Waals surface area contributed by atoms with Crippen LogP contribution in [0.4, 0.5) is 5.82 Å². The molecule has 1 aliphatic heterocycles. The van der Waals surface area contributed by atoms with Gasteiger partial charge in [0.05, 0.1) is 28.7 Å². The third kappa shape index (κ3) is 3.68. The molecule has 4 rings (SSSR count). The fraction of sp³-hybridized carbons (Fsp3) is 0.318. The Morgan fingerprint density at radius 2 is 1.87 bits per heavy atom. The van der Waals surface area contributed by atoms with Gasteiger partial charge < -0.3 is 10.6 Å². The quantitative estimate of drug-likeness (QED) is 0.670. The van der Waals surface area contributed by atoms with Crippen LogP contribution in [0, 0.1) is 19.8 Å². The van der Waals surface area contributed by atoms with Crippen LogP contribution in [-0.4, -0.2) is 49.4 Å². The first-order chi connectivity index (χ1) is 14.5. The second-order valence-electron chi connectivity index (χ2n) is 7.56. The Morgan fingerprint density at radius 1 is 1.10 bits per heavy atom. The lowest BCUT2D eigenvalue weighted by atomic mass is 9.90. The number of Topliss-reactive ketones (excluding diaryl/α,β-unsaturated/α-hetero) is 1. The standard InChI is InChI=1S/C22H24N6O2/c1-14-18(11-24-15(2)26-14)22(30)27-10-6-7-16(13-27)20(29)19-12-25-28(21(19)23)17-8-4-3-5-9-17/h3-5,8-9,11-12,16H,6-7,10,13,23H2,1-2H3/t16-/m0/s1. The third-order valence-electron chi connectivity index (χ3n) is 5.48. The molecule has 154 valence electrons. The Kier molecular flexibility index (Phi) is 5.31. The smallest absolute Gasteiger partial charge is 0.257 e. The highest BCUT2D eigenvalue weighted by molar-refractivity contribution is 6.02. The lowest BCUT2D eigenvalue weighted by Gasteiger charge is -2.32. The number of piperidine rings is 1. The van der Waals surface area contributed by atoms with Gasteiger partial charge in [0.2, 0.25) is 0 Å². The molecule has 1 atom stereocenters. The maximum Gasteiger partial charge on any atom is 0.257 e. The Balaban J connectivity index is 1.53. The van der Waals surface area contributed by atoms with Crippen LogP contribution in [0.3, 0.4) is 0 Å². The maximum absolute atomic E-state index is 13.2. The summed E-state index contributed by atoms with van der Waals surface area (Å²) < 4.78 is 1.56. The molecule has 0 unspecified atom stereocenters. The van der Waals surface area contributed by atoms with E-state index in [-0.39, 0.29) is 17.6 Å². The van der Waals surface area contributed by atoms with Gasteiger partial charge in [0, 0.05) is 25.2 Å². The summed E-state index contributed by atoms with van der Waals surface area (Å²) in [5.74, 6) is 0.409. The Hall–Kier alpha value is -3.55. The molecule has 1 saturated heterocycles. The number of aryl methyl sites for hydroxylation is 2. The number of aromatic nitrogens is 4. The normalized spacial score (nSPS) is 16.5. The summed E-state index contributed by atoms with van der Waals surface area (Å²) in [7, 11) is 0. The van der Waals surface area contributed by atoms with E-state index >= 15 is 0 Å². The largest absolute Gasteiger partial charge is 0.383 e. The molecule has 0 bridgehead atoms. The molecule has 1 aliphatic rings. The van der Waals surface area contributed by atoms with Crippen molar-refractivity contribution in [1.82, 2.24) is 24.6 Å². The zero-order chi connectivity index (χ0) is 21.3. The number of nitrogen functional groups attached to an aromatic ring is 1.